The minimum absolute atomic E-state index is 0.0604. The maximum Gasteiger partial charge on any atom is 0.336 e. The van der Waals surface area contributed by atoms with Crippen molar-refractivity contribution in [3.8, 4) is 0 Å². The second kappa shape index (κ2) is 7.49. The maximum absolute atomic E-state index is 12.7. The number of benzene rings is 2. The summed E-state index contributed by atoms with van der Waals surface area (Å²) in [6.45, 7) is 1.78. The molecule has 1 heterocycles. The van der Waals surface area contributed by atoms with Gasteiger partial charge in [0.05, 0.1) is 11.1 Å². The van der Waals surface area contributed by atoms with Crippen LogP contribution in [0.5, 0.6) is 0 Å². The smallest absolute Gasteiger partial charge is 0.336 e. The van der Waals surface area contributed by atoms with E-state index in [0.717, 1.165) is 18.4 Å². The molecule has 1 amide bonds. The van der Waals surface area contributed by atoms with Crippen molar-refractivity contribution in [2.45, 2.75) is 25.3 Å². The molecule has 0 spiro atoms. The molecule has 2 aromatic carbocycles. The topological polar surface area (TPSA) is 83.6 Å². The number of carbonyl (C=O) groups excluding carboxylic acids is 1. The minimum atomic E-state index is -1.07. The van der Waals surface area contributed by atoms with Crippen molar-refractivity contribution >= 4 is 11.9 Å². The fourth-order valence-electron chi connectivity index (χ4n) is 3.42. The fourth-order valence-corrected chi connectivity index (χ4v) is 3.42. The molecule has 2 aromatic rings. The average Bonchev–Trinajstić information content (AvgIpc) is 2.67. The Morgan fingerprint density at radius 1 is 1.04 bits per heavy atom. The fraction of sp³-hybridized carbons (Fsp3) is 0.300. The van der Waals surface area contributed by atoms with E-state index in [1.54, 1.807) is 23.1 Å². The van der Waals surface area contributed by atoms with Gasteiger partial charge in [0.15, 0.2) is 0 Å². The number of aromatic carboxylic acids is 1. The molecule has 5 nitrogen and oxygen atoms in total. The number of rotatable bonds is 4. The molecule has 0 aliphatic carbocycles. The molecular formula is C20H22N2O3. The summed E-state index contributed by atoms with van der Waals surface area (Å²) in [5.41, 5.74) is 8.42. The Kier molecular flexibility index (Phi) is 5.14. The van der Waals surface area contributed by atoms with Crippen molar-refractivity contribution in [2.75, 3.05) is 13.1 Å². The van der Waals surface area contributed by atoms with Crippen LogP contribution in [0, 0.1) is 0 Å². The third-order valence-corrected chi connectivity index (χ3v) is 4.83. The minimum Gasteiger partial charge on any atom is -0.478 e. The van der Waals surface area contributed by atoms with Crippen molar-refractivity contribution in [3.63, 3.8) is 0 Å². The van der Waals surface area contributed by atoms with Crippen LogP contribution in [0.3, 0.4) is 0 Å². The molecule has 1 aliphatic rings. The monoisotopic (exact) mass is 338 g/mol. The van der Waals surface area contributed by atoms with Gasteiger partial charge in [-0.3, -0.25) is 4.79 Å². The first-order valence-electron chi connectivity index (χ1n) is 8.50. The molecule has 3 rings (SSSR count). The van der Waals surface area contributed by atoms with Gasteiger partial charge in [-0.05, 0) is 42.0 Å². The number of carboxylic acids is 1. The Labute approximate surface area is 147 Å². The van der Waals surface area contributed by atoms with E-state index >= 15 is 0 Å². The van der Waals surface area contributed by atoms with Crippen LogP contribution in [-0.4, -0.2) is 35.0 Å². The SMILES string of the molecule is NCc1cccc(C2CCN(C(=O)c3ccccc3C(=O)O)CC2)c1. The van der Waals surface area contributed by atoms with Crippen LogP contribution < -0.4 is 5.73 Å². The van der Waals surface area contributed by atoms with Gasteiger partial charge in [-0.2, -0.15) is 0 Å². The lowest BCUT2D eigenvalue weighted by molar-refractivity contribution is 0.0662. The molecule has 130 valence electrons. The zero-order valence-corrected chi connectivity index (χ0v) is 14.0. The second-order valence-corrected chi connectivity index (χ2v) is 6.37. The highest BCUT2D eigenvalue weighted by molar-refractivity contribution is 6.04. The number of hydrogen-bond donors (Lipinski definition) is 2. The molecule has 25 heavy (non-hydrogen) atoms. The molecule has 3 N–H and O–H groups in total. The van der Waals surface area contributed by atoms with Crippen LogP contribution in [0.25, 0.3) is 0 Å². The average molecular weight is 338 g/mol. The van der Waals surface area contributed by atoms with Gasteiger partial charge < -0.3 is 15.7 Å². The van der Waals surface area contributed by atoms with Gasteiger partial charge in [0, 0.05) is 19.6 Å². The summed E-state index contributed by atoms with van der Waals surface area (Å²) in [4.78, 5) is 25.8. The zero-order chi connectivity index (χ0) is 17.8. The first-order chi connectivity index (χ1) is 12.1. The number of carboxylic acid groups (broad SMARTS) is 1. The van der Waals surface area contributed by atoms with Crippen molar-refractivity contribution in [2.24, 2.45) is 5.73 Å². The normalized spacial score (nSPS) is 15.2. The lowest BCUT2D eigenvalue weighted by atomic mass is 9.88. The lowest BCUT2D eigenvalue weighted by Gasteiger charge is -2.32. The summed E-state index contributed by atoms with van der Waals surface area (Å²) in [6.07, 6.45) is 1.74. The molecule has 5 heteroatoms. The number of carbonyl (C=O) groups is 2. The molecule has 0 aromatic heterocycles. The quantitative estimate of drug-likeness (QED) is 0.898. The highest BCUT2D eigenvalue weighted by atomic mass is 16.4. The van der Waals surface area contributed by atoms with E-state index in [9.17, 15) is 14.7 Å². The van der Waals surface area contributed by atoms with Crippen molar-refractivity contribution in [1.82, 2.24) is 4.90 Å². The number of amides is 1. The van der Waals surface area contributed by atoms with Crippen LogP contribution >= 0.6 is 0 Å². The summed E-state index contributed by atoms with van der Waals surface area (Å²) < 4.78 is 0. The van der Waals surface area contributed by atoms with Crippen molar-refractivity contribution in [1.29, 1.82) is 0 Å². The Balaban J connectivity index is 1.70. The highest BCUT2D eigenvalue weighted by Crippen LogP contribution is 2.29. The van der Waals surface area contributed by atoms with Crippen LogP contribution in [-0.2, 0) is 6.54 Å². The third kappa shape index (κ3) is 3.72. The van der Waals surface area contributed by atoms with E-state index in [0.29, 0.717) is 25.6 Å². The number of likely N-dealkylation sites (tertiary alicyclic amines) is 1. The van der Waals surface area contributed by atoms with Gasteiger partial charge in [0.1, 0.15) is 0 Å². The number of nitrogens with two attached hydrogens (primary N) is 1. The van der Waals surface area contributed by atoms with E-state index < -0.39 is 5.97 Å². The summed E-state index contributed by atoms with van der Waals surface area (Å²) >= 11 is 0. The lowest BCUT2D eigenvalue weighted by Crippen LogP contribution is -2.38. The summed E-state index contributed by atoms with van der Waals surface area (Å²) in [5.74, 6) is -0.866. The molecule has 1 fully saturated rings. The first-order valence-corrected chi connectivity index (χ1v) is 8.50. The summed E-state index contributed by atoms with van der Waals surface area (Å²) in [7, 11) is 0. The van der Waals surface area contributed by atoms with E-state index in [2.05, 4.69) is 12.1 Å². The van der Waals surface area contributed by atoms with Crippen LogP contribution in [0.1, 0.15) is 50.6 Å². The first kappa shape index (κ1) is 17.2. The van der Waals surface area contributed by atoms with Crippen molar-refractivity contribution in [3.05, 3.63) is 70.8 Å². The molecular weight excluding hydrogens is 316 g/mol. The number of piperidine rings is 1. The standard InChI is InChI=1S/C20H22N2O3/c21-13-14-4-3-5-16(12-14)15-8-10-22(11-9-15)19(23)17-6-1-2-7-18(17)20(24)25/h1-7,12,15H,8-11,13,21H2,(H,24,25). The predicted molar refractivity (Wildman–Crippen MR) is 95.6 cm³/mol. The Morgan fingerprint density at radius 3 is 2.36 bits per heavy atom. The van der Waals surface area contributed by atoms with Gasteiger partial charge in [-0.15, -0.1) is 0 Å². The zero-order valence-electron chi connectivity index (χ0n) is 14.0. The van der Waals surface area contributed by atoms with E-state index in [1.807, 2.05) is 12.1 Å². The van der Waals surface area contributed by atoms with Gasteiger partial charge in [0.25, 0.3) is 5.91 Å². The number of hydrogen-bond acceptors (Lipinski definition) is 3. The van der Waals surface area contributed by atoms with Gasteiger partial charge >= 0.3 is 5.97 Å². The largest absolute Gasteiger partial charge is 0.478 e. The summed E-state index contributed by atoms with van der Waals surface area (Å²) in [5, 5.41) is 9.27. The number of nitrogens with zero attached hydrogens (tertiary/aromatic N) is 1. The van der Waals surface area contributed by atoms with Crippen LogP contribution in [0.4, 0.5) is 0 Å². The van der Waals surface area contributed by atoms with E-state index in [-0.39, 0.29) is 17.0 Å². The molecule has 0 atom stereocenters. The van der Waals surface area contributed by atoms with Gasteiger partial charge in [0.2, 0.25) is 0 Å². The molecule has 0 radical (unpaired) electrons. The van der Waals surface area contributed by atoms with E-state index in [1.165, 1.54) is 11.6 Å². The summed E-state index contributed by atoms with van der Waals surface area (Å²) in [6, 6.07) is 14.7. The molecule has 1 saturated heterocycles. The Bertz CT molecular complexity index is 780. The van der Waals surface area contributed by atoms with Gasteiger partial charge in [-0.1, -0.05) is 36.4 Å². The Hall–Kier alpha value is -2.66. The molecule has 0 saturated carbocycles. The third-order valence-electron chi connectivity index (χ3n) is 4.83. The maximum atomic E-state index is 12.7. The molecule has 1 aliphatic heterocycles. The predicted octanol–water partition coefficient (Wildman–Crippen LogP) is 2.86. The van der Waals surface area contributed by atoms with Crippen molar-refractivity contribution < 1.29 is 14.7 Å². The van der Waals surface area contributed by atoms with Crippen LogP contribution in [0.15, 0.2) is 48.5 Å². The van der Waals surface area contributed by atoms with Gasteiger partial charge in [-0.25, -0.2) is 4.79 Å². The highest BCUT2D eigenvalue weighted by Gasteiger charge is 2.26. The van der Waals surface area contributed by atoms with E-state index in [4.69, 9.17) is 5.73 Å². The Morgan fingerprint density at radius 2 is 1.72 bits per heavy atom. The second-order valence-electron chi connectivity index (χ2n) is 6.37. The molecule has 0 unspecified atom stereocenters. The molecule has 0 bridgehead atoms. The van der Waals surface area contributed by atoms with Crippen LogP contribution in [0.2, 0.25) is 0 Å².